The van der Waals surface area contributed by atoms with Crippen LogP contribution in [0.5, 0.6) is 0 Å². The van der Waals surface area contributed by atoms with Gasteiger partial charge >= 0.3 is 5.97 Å². The van der Waals surface area contributed by atoms with E-state index in [1.165, 1.54) is 0 Å². The summed E-state index contributed by atoms with van der Waals surface area (Å²) >= 11 is 0. The Bertz CT molecular complexity index is 1100. The molecule has 0 heterocycles. The normalized spacial score (nSPS) is 18.7. The summed E-state index contributed by atoms with van der Waals surface area (Å²) in [7, 11) is 0. The van der Waals surface area contributed by atoms with E-state index >= 15 is 0 Å². The van der Waals surface area contributed by atoms with Crippen LogP contribution in [0.2, 0.25) is 0 Å². The largest absolute Gasteiger partial charge is 0.459 e. The SMILES string of the molecule is CC(C)(C)OC(=O)CNC1(C(=O)NCC(=O)NCc2ccc(C(=N)N)cc2)CC1Cc1ccccc1. The predicted molar refractivity (Wildman–Crippen MR) is 137 cm³/mol. The standard InChI is InChI=1S/C27H35N5O4/c1-26(2,3)36-23(34)17-32-27(14-21(27)13-18-7-5-4-6-8-18)25(35)31-16-22(33)30-15-19-9-11-20(12-10-19)24(28)29/h4-12,21,32H,13-17H2,1-3H3,(H3,28,29)(H,30,33)(H,31,35). The summed E-state index contributed by atoms with van der Waals surface area (Å²) in [6.07, 6.45) is 1.23. The number of hydrogen-bond donors (Lipinski definition) is 5. The molecule has 0 radical (unpaired) electrons. The maximum absolute atomic E-state index is 13.2. The minimum atomic E-state index is -0.935. The molecule has 0 spiro atoms. The maximum Gasteiger partial charge on any atom is 0.320 e. The van der Waals surface area contributed by atoms with Gasteiger partial charge in [-0.1, -0.05) is 54.6 Å². The van der Waals surface area contributed by atoms with E-state index in [-0.39, 0.29) is 43.2 Å². The Morgan fingerprint density at radius 1 is 1.00 bits per heavy atom. The van der Waals surface area contributed by atoms with E-state index in [1.54, 1.807) is 45.0 Å². The van der Waals surface area contributed by atoms with Crippen molar-refractivity contribution in [1.29, 1.82) is 5.41 Å². The summed E-state index contributed by atoms with van der Waals surface area (Å²) < 4.78 is 5.37. The number of rotatable bonds is 11. The van der Waals surface area contributed by atoms with E-state index < -0.39 is 17.1 Å². The highest BCUT2D eigenvalue weighted by molar-refractivity contribution is 5.95. The Balaban J connectivity index is 1.55. The first kappa shape index (κ1) is 26.9. The molecule has 2 amide bonds. The van der Waals surface area contributed by atoms with Crippen molar-refractivity contribution in [3.63, 3.8) is 0 Å². The van der Waals surface area contributed by atoms with Crippen molar-refractivity contribution in [2.75, 3.05) is 13.1 Å². The Labute approximate surface area is 211 Å². The molecule has 0 aromatic heterocycles. The average molecular weight is 494 g/mol. The van der Waals surface area contributed by atoms with Crippen LogP contribution in [0.4, 0.5) is 0 Å². The van der Waals surface area contributed by atoms with Gasteiger partial charge in [0.25, 0.3) is 0 Å². The van der Waals surface area contributed by atoms with Crippen LogP contribution in [0.1, 0.15) is 43.9 Å². The van der Waals surface area contributed by atoms with Crippen LogP contribution in [0, 0.1) is 11.3 Å². The van der Waals surface area contributed by atoms with Crippen molar-refractivity contribution in [3.05, 3.63) is 71.3 Å². The first-order valence-electron chi connectivity index (χ1n) is 12.0. The predicted octanol–water partition coefficient (Wildman–Crippen LogP) is 1.64. The van der Waals surface area contributed by atoms with Gasteiger partial charge in [0.15, 0.2) is 0 Å². The van der Waals surface area contributed by atoms with Crippen molar-refractivity contribution < 1.29 is 19.1 Å². The number of carbonyl (C=O) groups is 3. The molecule has 1 fully saturated rings. The van der Waals surface area contributed by atoms with Crippen molar-refractivity contribution in [2.24, 2.45) is 11.7 Å². The Hall–Kier alpha value is -3.72. The van der Waals surface area contributed by atoms with Crippen molar-refractivity contribution in [1.82, 2.24) is 16.0 Å². The first-order valence-corrected chi connectivity index (χ1v) is 12.0. The van der Waals surface area contributed by atoms with E-state index in [9.17, 15) is 14.4 Å². The minimum absolute atomic E-state index is 0.00908. The van der Waals surface area contributed by atoms with Crippen molar-refractivity contribution >= 4 is 23.6 Å². The lowest BCUT2D eigenvalue weighted by Crippen LogP contribution is -2.52. The van der Waals surface area contributed by atoms with Gasteiger partial charge in [0.1, 0.15) is 17.0 Å². The fourth-order valence-corrected chi connectivity index (χ4v) is 4.04. The molecular formula is C27H35N5O4. The third-order valence-corrected chi connectivity index (χ3v) is 5.97. The highest BCUT2D eigenvalue weighted by Crippen LogP contribution is 2.46. The molecule has 0 aliphatic heterocycles. The van der Waals surface area contributed by atoms with Gasteiger partial charge in [0, 0.05) is 12.1 Å². The van der Waals surface area contributed by atoms with Crippen LogP contribution >= 0.6 is 0 Å². The van der Waals surface area contributed by atoms with Gasteiger partial charge in [0.2, 0.25) is 11.8 Å². The Kier molecular flexibility index (Phi) is 8.47. The number of esters is 1. The minimum Gasteiger partial charge on any atom is -0.459 e. The summed E-state index contributed by atoms with van der Waals surface area (Å²) in [5.41, 5.74) is 6.46. The van der Waals surface area contributed by atoms with Gasteiger partial charge < -0.3 is 21.1 Å². The molecule has 1 aliphatic rings. The molecule has 192 valence electrons. The van der Waals surface area contributed by atoms with Crippen molar-refractivity contribution in [3.8, 4) is 0 Å². The van der Waals surface area contributed by atoms with Gasteiger partial charge in [-0.25, -0.2) is 0 Å². The van der Waals surface area contributed by atoms with E-state index in [0.717, 1.165) is 11.1 Å². The molecule has 36 heavy (non-hydrogen) atoms. The van der Waals surface area contributed by atoms with Crippen LogP contribution in [0.15, 0.2) is 54.6 Å². The fraction of sp³-hybridized carbons (Fsp3) is 0.407. The summed E-state index contributed by atoms with van der Waals surface area (Å²) in [6, 6.07) is 16.8. The second-order valence-corrected chi connectivity index (χ2v) is 10.1. The zero-order chi connectivity index (χ0) is 26.3. The zero-order valence-corrected chi connectivity index (χ0v) is 21.0. The van der Waals surface area contributed by atoms with Gasteiger partial charge in [-0.15, -0.1) is 0 Å². The van der Waals surface area contributed by atoms with Gasteiger partial charge in [-0.05, 0) is 50.7 Å². The second-order valence-electron chi connectivity index (χ2n) is 10.1. The lowest BCUT2D eigenvalue weighted by atomic mass is 10.0. The maximum atomic E-state index is 13.2. The fourth-order valence-electron chi connectivity index (χ4n) is 4.04. The molecule has 1 saturated carbocycles. The highest BCUT2D eigenvalue weighted by atomic mass is 16.6. The number of nitrogen functional groups attached to an aromatic ring is 1. The summed E-state index contributed by atoms with van der Waals surface area (Å²) in [4.78, 5) is 37.8. The molecule has 2 aromatic carbocycles. The van der Waals surface area contributed by atoms with Crippen LogP contribution in [-0.4, -0.2) is 47.8 Å². The Morgan fingerprint density at radius 2 is 1.67 bits per heavy atom. The Morgan fingerprint density at radius 3 is 2.28 bits per heavy atom. The van der Waals surface area contributed by atoms with Gasteiger partial charge in [0.05, 0.1) is 13.1 Å². The third kappa shape index (κ3) is 7.64. The van der Waals surface area contributed by atoms with E-state index in [2.05, 4.69) is 16.0 Å². The van der Waals surface area contributed by atoms with Crippen LogP contribution in [0.3, 0.4) is 0 Å². The number of nitrogens with one attached hydrogen (secondary N) is 4. The molecular weight excluding hydrogens is 458 g/mol. The molecule has 0 saturated heterocycles. The molecule has 2 unspecified atom stereocenters. The number of carbonyl (C=O) groups excluding carboxylic acids is 3. The molecule has 0 bridgehead atoms. The van der Waals surface area contributed by atoms with E-state index in [4.69, 9.17) is 15.9 Å². The molecule has 6 N–H and O–H groups in total. The number of ether oxygens (including phenoxy) is 1. The van der Waals surface area contributed by atoms with Gasteiger partial charge in [-0.3, -0.25) is 25.1 Å². The number of nitrogens with two attached hydrogens (primary N) is 1. The molecule has 9 heteroatoms. The van der Waals surface area contributed by atoms with Crippen LogP contribution < -0.4 is 21.7 Å². The molecule has 9 nitrogen and oxygen atoms in total. The summed E-state index contributed by atoms with van der Waals surface area (Å²) in [5, 5.41) is 16.0. The molecule has 2 atom stereocenters. The van der Waals surface area contributed by atoms with Gasteiger partial charge in [-0.2, -0.15) is 0 Å². The molecule has 1 aliphatic carbocycles. The zero-order valence-electron chi connectivity index (χ0n) is 21.0. The average Bonchev–Trinajstić information content (AvgIpc) is 3.53. The number of amidine groups is 1. The van der Waals surface area contributed by atoms with Crippen LogP contribution in [0.25, 0.3) is 0 Å². The monoisotopic (exact) mass is 493 g/mol. The number of amides is 2. The first-order chi connectivity index (χ1) is 17.0. The topological polar surface area (TPSA) is 146 Å². The van der Waals surface area contributed by atoms with Crippen molar-refractivity contribution in [2.45, 2.75) is 51.3 Å². The van der Waals surface area contributed by atoms with Crippen LogP contribution in [-0.2, 0) is 32.1 Å². The third-order valence-electron chi connectivity index (χ3n) is 5.97. The van der Waals surface area contributed by atoms with E-state index in [1.807, 2.05) is 30.3 Å². The highest BCUT2D eigenvalue weighted by Gasteiger charge is 2.59. The smallest absolute Gasteiger partial charge is 0.320 e. The van der Waals surface area contributed by atoms with E-state index in [0.29, 0.717) is 18.4 Å². The summed E-state index contributed by atoms with van der Waals surface area (Å²) in [5.74, 6) is -1.11. The number of benzene rings is 2. The lowest BCUT2D eigenvalue weighted by Gasteiger charge is -2.22. The number of hydrogen-bond acceptors (Lipinski definition) is 6. The summed E-state index contributed by atoms with van der Waals surface area (Å²) in [6.45, 7) is 5.37. The molecule has 3 rings (SSSR count). The second kappa shape index (κ2) is 11.3. The molecule has 2 aromatic rings. The lowest BCUT2D eigenvalue weighted by molar-refractivity contribution is -0.154. The quantitative estimate of drug-likeness (QED) is 0.183.